The summed E-state index contributed by atoms with van der Waals surface area (Å²) in [7, 11) is 0. The average molecular weight is 313 g/mol. The van der Waals surface area contributed by atoms with Gasteiger partial charge in [0.15, 0.2) is 11.6 Å². The first-order chi connectivity index (χ1) is 11.2. The van der Waals surface area contributed by atoms with Crippen LogP contribution in [-0.4, -0.2) is 40.7 Å². The van der Waals surface area contributed by atoms with Crippen molar-refractivity contribution in [3.63, 3.8) is 0 Å². The van der Waals surface area contributed by atoms with Crippen molar-refractivity contribution in [2.75, 3.05) is 19.8 Å². The molecule has 0 saturated carbocycles. The van der Waals surface area contributed by atoms with Crippen LogP contribution in [0.5, 0.6) is 0 Å². The van der Waals surface area contributed by atoms with Gasteiger partial charge in [-0.2, -0.15) is 4.98 Å². The molecule has 0 aliphatic carbocycles. The fraction of sp³-hybridized carbons (Fsp3) is 0.312. The zero-order valence-corrected chi connectivity index (χ0v) is 12.6. The largest absolute Gasteiger partial charge is 0.451 e. The van der Waals surface area contributed by atoms with Crippen LogP contribution in [0.25, 0.3) is 11.0 Å². The van der Waals surface area contributed by atoms with Crippen LogP contribution in [-0.2, 0) is 4.74 Å². The Kier molecular flexibility index (Phi) is 3.34. The minimum absolute atomic E-state index is 0.203. The van der Waals surface area contributed by atoms with Crippen molar-refractivity contribution < 1.29 is 18.5 Å². The summed E-state index contributed by atoms with van der Waals surface area (Å²) in [4.78, 5) is 18.7. The van der Waals surface area contributed by atoms with Gasteiger partial charge in [-0.3, -0.25) is 4.79 Å². The van der Waals surface area contributed by atoms with Crippen LogP contribution in [0.4, 0.5) is 0 Å². The van der Waals surface area contributed by atoms with Gasteiger partial charge >= 0.3 is 0 Å². The molecule has 1 amide bonds. The van der Waals surface area contributed by atoms with Crippen LogP contribution in [0.3, 0.4) is 0 Å². The van der Waals surface area contributed by atoms with Crippen LogP contribution in [0.15, 0.2) is 39.3 Å². The van der Waals surface area contributed by atoms with Crippen molar-refractivity contribution in [2.24, 2.45) is 0 Å². The maximum Gasteiger partial charge on any atom is 0.290 e. The van der Waals surface area contributed by atoms with Crippen molar-refractivity contribution >= 4 is 16.9 Å². The van der Waals surface area contributed by atoms with Crippen molar-refractivity contribution in [2.45, 2.75) is 13.0 Å². The number of para-hydroxylation sites is 1. The lowest BCUT2D eigenvalue weighted by Gasteiger charge is -2.32. The first kappa shape index (κ1) is 14.0. The van der Waals surface area contributed by atoms with E-state index in [1.165, 1.54) is 0 Å². The molecule has 1 fully saturated rings. The number of aromatic nitrogens is 2. The second kappa shape index (κ2) is 5.51. The average Bonchev–Trinajstić information content (AvgIpc) is 3.20. The van der Waals surface area contributed by atoms with Crippen LogP contribution in [0, 0.1) is 6.92 Å². The van der Waals surface area contributed by atoms with Gasteiger partial charge in [0, 0.05) is 11.9 Å². The quantitative estimate of drug-likeness (QED) is 0.722. The molecule has 0 N–H and O–H groups in total. The molecule has 4 rings (SSSR count). The third-order valence-electron chi connectivity index (χ3n) is 3.85. The molecule has 3 aromatic rings. The first-order valence-electron chi connectivity index (χ1n) is 7.40. The second-order valence-corrected chi connectivity index (χ2v) is 5.42. The first-order valence-corrected chi connectivity index (χ1v) is 7.40. The van der Waals surface area contributed by atoms with Crippen LogP contribution in [0.2, 0.25) is 0 Å². The number of amides is 1. The maximum absolute atomic E-state index is 12.8. The van der Waals surface area contributed by atoms with E-state index in [0.717, 1.165) is 5.39 Å². The van der Waals surface area contributed by atoms with Crippen molar-refractivity contribution in [3.8, 4) is 0 Å². The summed E-state index contributed by atoms with van der Waals surface area (Å²) in [5.74, 6) is 1.01. The van der Waals surface area contributed by atoms with Gasteiger partial charge in [-0.05, 0) is 19.1 Å². The molecule has 118 valence electrons. The zero-order chi connectivity index (χ0) is 15.8. The lowest BCUT2D eigenvalue weighted by Crippen LogP contribution is -2.43. The number of rotatable bonds is 2. The molecule has 1 aliphatic heterocycles. The summed E-state index contributed by atoms with van der Waals surface area (Å²) in [6.45, 7) is 2.98. The Labute approximate surface area is 131 Å². The second-order valence-electron chi connectivity index (χ2n) is 5.42. The highest BCUT2D eigenvalue weighted by Gasteiger charge is 2.34. The molecule has 1 aromatic carbocycles. The Balaban J connectivity index is 1.67. The van der Waals surface area contributed by atoms with E-state index in [1.807, 2.05) is 24.3 Å². The fourth-order valence-corrected chi connectivity index (χ4v) is 2.73. The third-order valence-corrected chi connectivity index (χ3v) is 3.85. The number of furan rings is 1. The Hall–Kier alpha value is -2.67. The molecule has 2 aromatic heterocycles. The molecule has 3 heterocycles. The predicted molar refractivity (Wildman–Crippen MR) is 79.8 cm³/mol. The Morgan fingerprint density at radius 1 is 1.35 bits per heavy atom. The highest BCUT2D eigenvalue weighted by Crippen LogP contribution is 2.27. The number of benzene rings is 1. The van der Waals surface area contributed by atoms with Crippen LogP contribution < -0.4 is 0 Å². The molecule has 0 bridgehead atoms. The number of carbonyl (C=O) groups excluding carboxylic acids is 1. The number of hydrogen-bond donors (Lipinski definition) is 0. The van der Waals surface area contributed by atoms with Gasteiger partial charge in [0.2, 0.25) is 0 Å². The minimum atomic E-state index is -0.398. The highest BCUT2D eigenvalue weighted by atomic mass is 16.5. The number of carbonyl (C=O) groups is 1. The SMILES string of the molecule is Cc1noc(C2COCCN2C(=O)c2cc3ccccc3o2)n1. The van der Waals surface area contributed by atoms with E-state index in [2.05, 4.69) is 10.1 Å². The lowest BCUT2D eigenvalue weighted by atomic mass is 10.2. The van der Waals surface area contributed by atoms with E-state index in [4.69, 9.17) is 13.7 Å². The van der Waals surface area contributed by atoms with E-state index in [0.29, 0.717) is 42.8 Å². The third kappa shape index (κ3) is 2.49. The summed E-state index contributed by atoms with van der Waals surface area (Å²) < 4.78 is 16.4. The molecule has 7 nitrogen and oxygen atoms in total. The molecule has 23 heavy (non-hydrogen) atoms. The normalized spacial score (nSPS) is 18.5. The Morgan fingerprint density at radius 3 is 3.00 bits per heavy atom. The van der Waals surface area contributed by atoms with Gasteiger partial charge in [0.05, 0.1) is 13.2 Å². The molecule has 1 aliphatic rings. The van der Waals surface area contributed by atoms with Gasteiger partial charge in [0.1, 0.15) is 11.6 Å². The molecular formula is C16H15N3O4. The maximum atomic E-state index is 12.8. The summed E-state index contributed by atoms with van der Waals surface area (Å²) in [6.07, 6.45) is 0. The van der Waals surface area contributed by atoms with Gasteiger partial charge in [-0.15, -0.1) is 0 Å². The summed E-state index contributed by atoms with van der Waals surface area (Å²) in [5.41, 5.74) is 0.689. The highest BCUT2D eigenvalue weighted by molar-refractivity contribution is 5.96. The van der Waals surface area contributed by atoms with Crippen molar-refractivity contribution in [1.29, 1.82) is 0 Å². The topological polar surface area (TPSA) is 81.6 Å². The zero-order valence-electron chi connectivity index (χ0n) is 12.6. The predicted octanol–water partition coefficient (Wildman–Crippen LogP) is 2.34. The molecule has 0 radical (unpaired) electrons. The Bertz CT molecular complexity index is 821. The number of hydrogen-bond acceptors (Lipinski definition) is 6. The monoisotopic (exact) mass is 313 g/mol. The summed E-state index contributed by atoms with van der Waals surface area (Å²) in [6, 6.07) is 8.89. The van der Waals surface area contributed by atoms with Crippen LogP contribution in [0.1, 0.15) is 28.3 Å². The number of aryl methyl sites for hydroxylation is 1. The lowest BCUT2D eigenvalue weighted by molar-refractivity contribution is -0.0132. The van der Waals surface area contributed by atoms with E-state index < -0.39 is 6.04 Å². The minimum Gasteiger partial charge on any atom is -0.451 e. The smallest absolute Gasteiger partial charge is 0.290 e. The fourth-order valence-electron chi connectivity index (χ4n) is 2.73. The van der Waals surface area contributed by atoms with E-state index >= 15 is 0 Å². The molecule has 7 heteroatoms. The van der Waals surface area contributed by atoms with E-state index in [9.17, 15) is 4.79 Å². The number of fused-ring (bicyclic) bond motifs is 1. The number of morpholine rings is 1. The summed E-state index contributed by atoms with van der Waals surface area (Å²) in [5, 5.41) is 4.69. The summed E-state index contributed by atoms with van der Waals surface area (Å²) >= 11 is 0. The molecule has 1 atom stereocenters. The van der Waals surface area contributed by atoms with Crippen molar-refractivity contribution in [1.82, 2.24) is 15.0 Å². The van der Waals surface area contributed by atoms with E-state index in [-0.39, 0.29) is 5.91 Å². The van der Waals surface area contributed by atoms with E-state index in [1.54, 1.807) is 17.9 Å². The van der Waals surface area contributed by atoms with Gasteiger partial charge < -0.3 is 18.6 Å². The standard InChI is InChI=1S/C16H15N3O4/c1-10-17-15(23-18-10)12-9-21-7-6-19(12)16(20)14-8-11-4-2-3-5-13(11)22-14/h2-5,8,12H,6-7,9H2,1H3. The Morgan fingerprint density at radius 2 is 2.22 bits per heavy atom. The van der Waals surface area contributed by atoms with Gasteiger partial charge in [-0.25, -0.2) is 0 Å². The molecule has 1 saturated heterocycles. The van der Waals surface area contributed by atoms with Crippen LogP contribution >= 0.6 is 0 Å². The molecule has 1 unspecified atom stereocenters. The van der Waals surface area contributed by atoms with Crippen molar-refractivity contribution in [3.05, 3.63) is 47.8 Å². The molecular weight excluding hydrogens is 298 g/mol. The molecule has 0 spiro atoms. The number of ether oxygens (including phenoxy) is 1. The van der Waals surface area contributed by atoms with Gasteiger partial charge in [-0.1, -0.05) is 23.4 Å². The number of nitrogens with zero attached hydrogens (tertiary/aromatic N) is 3. The van der Waals surface area contributed by atoms with Gasteiger partial charge in [0.25, 0.3) is 11.8 Å².